The second kappa shape index (κ2) is 17.1. The van der Waals surface area contributed by atoms with Gasteiger partial charge in [0.25, 0.3) is 0 Å². The van der Waals surface area contributed by atoms with Crippen molar-refractivity contribution in [3.63, 3.8) is 0 Å². The fourth-order valence-corrected chi connectivity index (χ4v) is 2.53. The minimum absolute atomic E-state index is 0.449. The first-order chi connectivity index (χ1) is 9.81. The minimum atomic E-state index is 0.449. The molecule has 1 unspecified atom stereocenters. The van der Waals surface area contributed by atoms with Crippen molar-refractivity contribution in [1.82, 2.24) is 0 Å². The molecule has 0 aliphatic heterocycles. The second-order valence-electron chi connectivity index (χ2n) is 6.15. The van der Waals surface area contributed by atoms with Crippen LogP contribution in [0.5, 0.6) is 0 Å². The molecule has 0 saturated carbocycles. The zero-order valence-electron chi connectivity index (χ0n) is 14.2. The van der Waals surface area contributed by atoms with E-state index in [2.05, 4.69) is 13.8 Å². The van der Waals surface area contributed by atoms with Crippen molar-refractivity contribution in [2.45, 2.75) is 110 Å². The molecular formula is C18H37BO. The standard InChI is InChI=1S/C18H37BO/c1-3-4-5-6-7-8-9-12-15-18(2)20-17-14-11-10-13-16-19/h18H,3-17H2,1-2H3. The number of hydrogen-bond donors (Lipinski definition) is 0. The van der Waals surface area contributed by atoms with Crippen LogP contribution in [0, 0.1) is 0 Å². The lowest BCUT2D eigenvalue weighted by Crippen LogP contribution is -2.09. The lowest BCUT2D eigenvalue weighted by Gasteiger charge is -2.12. The zero-order chi connectivity index (χ0) is 14.9. The van der Waals surface area contributed by atoms with Crippen LogP contribution in [0.25, 0.3) is 0 Å². The first-order valence-electron chi connectivity index (χ1n) is 9.13. The monoisotopic (exact) mass is 280 g/mol. The maximum atomic E-state index is 5.85. The highest BCUT2D eigenvalue weighted by Gasteiger charge is 2.01. The van der Waals surface area contributed by atoms with Crippen molar-refractivity contribution >= 4 is 7.85 Å². The van der Waals surface area contributed by atoms with Gasteiger partial charge in [0.15, 0.2) is 0 Å². The first kappa shape index (κ1) is 20.0. The number of unbranched alkanes of at least 4 members (excludes halogenated alkanes) is 10. The summed E-state index contributed by atoms with van der Waals surface area (Å²) in [6.45, 7) is 5.43. The molecule has 0 spiro atoms. The van der Waals surface area contributed by atoms with E-state index < -0.39 is 0 Å². The maximum Gasteiger partial charge on any atom is 0.0653 e. The van der Waals surface area contributed by atoms with Gasteiger partial charge in [0.05, 0.1) is 14.0 Å². The molecule has 2 radical (unpaired) electrons. The second-order valence-corrected chi connectivity index (χ2v) is 6.15. The highest BCUT2D eigenvalue weighted by molar-refractivity contribution is 6.08. The Balaban J connectivity index is 3.10. The van der Waals surface area contributed by atoms with Crippen LogP contribution in [-0.2, 0) is 4.74 Å². The average Bonchev–Trinajstić information content (AvgIpc) is 2.45. The van der Waals surface area contributed by atoms with E-state index in [1.165, 1.54) is 77.0 Å². The molecule has 0 N–H and O–H groups in total. The van der Waals surface area contributed by atoms with Gasteiger partial charge in [0.2, 0.25) is 0 Å². The van der Waals surface area contributed by atoms with Crippen molar-refractivity contribution in [2.75, 3.05) is 6.61 Å². The SMILES string of the molecule is [B]CCCCCCOC(C)CCCCCCCCCC. The van der Waals surface area contributed by atoms with Crippen LogP contribution in [0.15, 0.2) is 0 Å². The van der Waals surface area contributed by atoms with Crippen LogP contribution in [-0.4, -0.2) is 20.6 Å². The van der Waals surface area contributed by atoms with E-state index in [0.717, 1.165) is 19.3 Å². The molecule has 0 aliphatic rings. The van der Waals surface area contributed by atoms with E-state index in [0.29, 0.717) is 6.10 Å². The summed E-state index contributed by atoms with van der Waals surface area (Å²) in [7, 11) is 5.47. The molecular weight excluding hydrogens is 243 g/mol. The number of rotatable bonds is 16. The highest BCUT2D eigenvalue weighted by atomic mass is 16.5. The summed E-state index contributed by atoms with van der Waals surface area (Å²) in [5.74, 6) is 0. The van der Waals surface area contributed by atoms with Gasteiger partial charge in [0, 0.05) is 6.61 Å². The van der Waals surface area contributed by atoms with Gasteiger partial charge >= 0.3 is 0 Å². The summed E-state index contributed by atoms with van der Waals surface area (Å²) in [5, 5.41) is 0. The Morgan fingerprint density at radius 2 is 1.30 bits per heavy atom. The molecule has 0 aromatic heterocycles. The Labute approximate surface area is 129 Å². The number of hydrogen-bond acceptors (Lipinski definition) is 1. The predicted octanol–water partition coefficient (Wildman–Crippen LogP) is 6.07. The Kier molecular flexibility index (Phi) is 17.1. The van der Waals surface area contributed by atoms with Gasteiger partial charge < -0.3 is 4.74 Å². The first-order valence-corrected chi connectivity index (χ1v) is 9.13. The van der Waals surface area contributed by atoms with Crippen molar-refractivity contribution in [2.24, 2.45) is 0 Å². The van der Waals surface area contributed by atoms with Gasteiger partial charge in [0.1, 0.15) is 0 Å². The molecule has 0 fully saturated rings. The Bertz CT molecular complexity index is 173. The van der Waals surface area contributed by atoms with E-state index in [1.54, 1.807) is 0 Å². The molecule has 2 heteroatoms. The summed E-state index contributed by atoms with van der Waals surface area (Å²) in [4.78, 5) is 0. The van der Waals surface area contributed by atoms with Gasteiger partial charge in [-0.2, -0.15) is 0 Å². The van der Waals surface area contributed by atoms with E-state index in [9.17, 15) is 0 Å². The van der Waals surface area contributed by atoms with E-state index in [1.807, 2.05) is 0 Å². The average molecular weight is 280 g/mol. The molecule has 20 heavy (non-hydrogen) atoms. The van der Waals surface area contributed by atoms with Crippen molar-refractivity contribution in [1.29, 1.82) is 0 Å². The van der Waals surface area contributed by atoms with E-state index >= 15 is 0 Å². The third-order valence-electron chi connectivity index (χ3n) is 3.97. The maximum absolute atomic E-state index is 5.85. The largest absolute Gasteiger partial charge is 0.379 e. The topological polar surface area (TPSA) is 9.23 Å². The van der Waals surface area contributed by atoms with E-state index in [4.69, 9.17) is 12.6 Å². The molecule has 118 valence electrons. The smallest absolute Gasteiger partial charge is 0.0653 e. The van der Waals surface area contributed by atoms with Crippen LogP contribution >= 0.6 is 0 Å². The lowest BCUT2D eigenvalue weighted by atomic mass is 9.99. The predicted molar refractivity (Wildman–Crippen MR) is 91.7 cm³/mol. The van der Waals surface area contributed by atoms with Crippen LogP contribution in [0.2, 0.25) is 6.32 Å². The molecule has 1 atom stereocenters. The third-order valence-corrected chi connectivity index (χ3v) is 3.97. The van der Waals surface area contributed by atoms with Crippen molar-refractivity contribution in [3.05, 3.63) is 0 Å². The normalized spacial score (nSPS) is 12.7. The number of ether oxygens (including phenoxy) is 1. The fourth-order valence-electron chi connectivity index (χ4n) is 2.53. The Hall–Kier alpha value is 0.0249. The van der Waals surface area contributed by atoms with Crippen LogP contribution in [0.3, 0.4) is 0 Å². The molecule has 0 bridgehead atoms. The summed E-state index contributed by atoms with van der Waals surface area (Å²) in [6, 6.07) is 0. The Morgan fingerprint density at radius 3 is 1.95 bits per heavy atom. The van der Waals surface area contributed by atoms with Gasteiger partial charge in [-0.3, -0.25) is 0 Å². The van der Waals surface area contributed by atoms with Crippen LogP contribution in [0.1, 0.15) is 97.3 Å². The molecule has 0 aromatic rings. The third kappa shape index (κ3) is 16.1. The summed E-state index contributed by atoms with van der Waals surface area (Å²) in [6.07, 6.45) is 18.6. The Morgan fingerprint density at radius 1 is 0.750 bits per heavy atom. The summed E-state index contributed by atoms with van der Waals surface area (Å²) < 4.78 is 5.85. The van der Waals surface area contributed by atoms with Crippen LogP contribution < -0.4 is 0 Å². The van der Waals surface area contributed by atoms with E-state index in [-0.39, 0.29) is 0 Å². The fraction of sp³-hybridized carbons (Fsp3) is 1.00. The van der Waals surface area contributed by atoms with Crippen LogP contribution in [0.4, 0.5) is 0 Å². The highest BCUT2D eigenvalue weighted by Crippen LogP contribution is 2.12. The molecule has 1 nitrogen and oxygen atoms in total. The lowest BCUT2D eigenvalue weighted by molar-refractivity contribution is 0.0557. The quantitative estimate of drug-likeness (QED) is 0.246. The minimum Gasteiger partial charge on any atom is -0.379 e. The summed E-state index contributed by atoms with van der Waals surface area (Å²) >= 11 is 0. The van der Waals surface area contributed by atoms with Crippen molar-refractivity contribution in [3.8, 4) is 0 Å². The molecule has 0 aromatic carbocycles. The molecule has 0 heterocycles. The van der Waals surface area contributed by atoms with Gasteiger partial charge in [-0.05, 0) is 19.8 Å². The van der Waals surface area contributed by atoms with Gasteiger partial charge in [-0.15, -0.1) is 0 Å². The molecule has 0 rings (SSSR count). The molecule has 0 saturated heterocycles. The summed E-state index contributed by atoms with van der Waals surface area (Å²) in [5.41, 5.74) is 0. The van der Waals surface area contributed by atoms with Gasteiger partial charge in [-0.1, -0.05) is 83.9 Å². The zero-order valence-corrected chi connectivity index (χ0v) is 14.2. The van der Waals surface area contributed by atoms with Gasteiger partial charge in [-0.25, -0.2) is 0 Å². The van der Waals surface area contributed by atoms with Crippen molar-refractivity contribution < 1.29 is 4.74 Å². The molecule has 0 aliphatic carbocycles. The molecule has 0 amide bonds.